The van der Waals surface area contributed by atoms with E-state index >= 15 is 0 Å². The third-order valence-corrected chi connectivity index (χ3v) is 2.63. The van der Waals surface area contributed by atoms with Gasteiger partial charge in [-0.2, -0.15) is 0 Å². The van der Waals surface area contributed by atoms with E-state index in [1.807, 2.05) is 6.92 Å². The van der Waals surface area contributed by atoms with Crippen molar-refractivity contribution in [3.8, 4) is 0 Å². The van der Waals surface area contributed by atoms with Crippen molar-refractivity contribution in [2.45, 2.75) is 52.5 Å². The molecule has 0 heterocycles. The van der Waals surface area contributed by atoms with Gasteiger partial charge in [-0.15, -0.1) is 0 Å². The van der Waals surface area contributed by atoms with Crippen LogP contribution in [0.5, 0.6) is 0 Å². The first kappa shape index (κ1) is 16.9. The summed E-state index contributed by atoms with van der Waals surface area (Å²) in [7, 11) is 0. The Morgan fingerprint density at radius 3 is 2.39 bits per heavy atom. The molecule has 0 aliphatic heterocycles. The highest BCUT2D eigenvalue weighted by Crippen LogP contribution is 2.03. The summed E-state index contributed by atoms with van der Waals surface area (Å²) in [4.78, 5) is 21.9. The van der Waals surface area contributed by atoms with E-state index in [4.69, 9.17) is 5.11 Å². The molecule has 0 spiro atoms. The number of carboxylic acids is 1. The third-order valence-electron chi connectivity index (χ3n) is 2.63. The lowest BCUT2D eigenvalue weighted by molar-refractivity contribution is -0.137. The molecule has 0 aromatic rings. The second-order valence-corrected chi connectivity index (χ2v) is 5.05. The Bertz CT molecular complexity index is 255. The molecule has 1 unspecified atom stereocenters. The molecule has 0 aromatic heterocycles. The number of hydrogen-bond donors (Lipinski definition) is 3. The number of carbonyl (C=O) groups excluding carboxylic acids is 1. The zero-order valence-electron chi connectivity index (χ0n) is 11.7. The average Bonchev–Trinajstić information content (AvgIpc) is 2.29. The Balaban J connectivity index is 3.48. The molecule has 0 radical (unpaired) electrons. The lowest BCUT2D eigenvalue weighted by Crippen LogP contribution is -2.30. The number of nitrogens with one attached hydrogen (secondary N) is 2. The van der Waals surface area contributed by atoms with Gasteiger partial charge in [0.15, 0.2) is 0 Å². The van der Waals surface area contributed by atoms with Crippen LogP contribution in [0.1, 0.15) is 46.5 Å². The SMILES string of the molecule is CC(CCC(=O)O)CNC(=O)CCCNC(C)C. The topological polar surface area (TPSA) is 78.4 Å². The smallest absolute Gasteiger partial charge is 0.303 e. The van der Waals surface area contributed by atoms with Gasteiger partial charge >= 0.3 is 5.97 Å². The lowest BCUT2D eigenvalue weighted by Gasteiger charge is -2.12. The van der Waals surface area contributed by atoms with Gasteiger partial charge in [-0.25, -0.2) is 0 Å². The number of aliphatic carboxylic acids is 1. The summed E-state index contributed by atoms with van der Waals surface area (Å²) in [6.07, 6.45) is 2.11. The van der Waals surface area contributed by atoms with Gasteiger partial charge < -0.3 is 15.7 Å². The molecule has 1 amide bonds. The van der Waals surface area contributed by atoms with Gasteiger partial charge in [-0.05, 0) is 25.3 Å². The highest BCUT2D eigenvalue weighted by atomic mass is 16.4. The molecule has 0 rings (SSSR count). The Morgan fingerprint density at radius 2 is 1.83 bits per heavy atom. The van der Waals surface area contributed by atoms with Crippen LogP contribution in [0.2, 0.25) is 0 Å². The van der Waals surface area contributed by atoms with Crippen molar-refractivity contribution >= 4 is 11.9 Å². The molecular weight excluding hydrogens is 232 g/mol. The maximum atomic E-state index is 11.5. The molecule has 5 heteroatoms. The predicted molar refractivity (Wildman–Crippen MR) is 71.4 cm³/mol. The van der Waals surface area contributed by atoms with Crippen molar-refractivity contribution in [3.63, 3.8) is 0 Å². The van der Waals surface area contributed by atoms with Crippen LogP contribution in [0.3, 0.4) is 0 Å². The molecule has 18 heavy (non-hydrogen) atoms. The number of carboxylic acid groups (broad SMARTS) is 1. The first-order valence-electron chi connectivity index (χ1n) is 6.63. The quantitative estimate of drug-likeness (QED) is 0.517. The molecule has 106 valence electrons. The van der Waals surface area contributed by atoms with Crippen molar-refractivity contribution in [2.75, 3.05) is 13.1 Å². The van der Waals surface area contributed by atoms with Crippen molar-refractivity contribution in [3.05, 3.63) is 0 Å². The molecule has 3 N–H and O–H groups in total. The van der Waals surface area contributed by atoms with E-state index in [1.54, 1.807) is 0 Å². The maximum absolute atomic E-state index is 11.5. The van der Waals surface area contributed by atoms with E-state index in [1.165, 1.54) is 0 Å². The molecule has 0 fully saturated rings. The van der Waals surface area contributed by atoms with Gasteiger partial charge in [0.25, 0.3) is 0 Å². The van der Waals surface area contributed by atoms with Crippen LogP contribution in [0.25, 0.3) is 0 Å². The van der Waals surface area contributed by atoms with Crippen molar-refractivity contribution in [1.29, 1.82) is 0 Å². The largest absolute Gasteiger partial charge is 0.481 e. The fraction of sp³-hybridized carbons (Fsp3) is 0.846. The highest BCUT2D eigenvalue weighted by molar-refractivity contribution is 5.75. The third kappa shape index (κ3) is 11.4. The van der Waals surface area contributed by atoms with E-state index in [0.29, 0.717) is 25.4 Å². The molecular formula is C13H26N2O3. The summed E-state index contributed by atoms with van der Waals surface area (Å²) in [6, 6.07) is 0.448. The molecule has 0 saturated heterocycles. The van der Waals surface area contributed by atoms with E-state index in [0.717, 1.165) is 13.0 Å². The van der Waals surface area contributed by atoms with Crippen LogP contribution in [0, 0.1) is 5.92 Å². The molecule has 0 saturated carbocycles. The number of amides is 1. The van der Waals surface area contributed by atoms with E-state index in [2.05, 4.69) is 24.5 Å². The molecule has 1 atom stereocenters. The van der Waals surface area contributed by atoms with Gasteiger partial charge in [0.05, 0.1) is 0 Å². The van der Waals surface area contributed by atoms with Crippen molar-refractivity contribution < 1.29 is 14.7 Å². The first-order chi connectivity index (χ1) is 8.41. The van der Waals surface area contributed by atoms with Crippen LogP contribution in [0.4, 0.5) is 0 Å². The summed E-state index contributed by atoms with van der Waals surface area (Å²) in [5.41, 5.74) is 0. The summed E-state index contributed by atoms with van der Waals surface area (Å²) in [6.45, 7) is 7.50. The second-order valence-electron chi connectivity index (χ2n) is 5.05. The van der Waals surface area contributed by atoms with Gasteiger partial charge in [0, 0.05) is 25.4 Å². The lowest BCUT2D eigenvalue weighted by atomic mass is 10.1. The highest BCUT2D eigenvalue weighted by Gasteiger charge is 2.07. The second kappa shape index (κ2) is 9.88. The number of rotatable bonds is 10. The summed E-state index contributed by atoms with van der Waals surface area (Å²) < 4.78 is 0. The van der Waals surface area contributed by atoms with Crippen LogP contribution in [0.15, 0.2) is 0 Å². The minimum absolute atomic E-state index is 0.0442. The number of carbonyl (C=O) groups is 2. The fourth-order valence-corrected chi connectivity index (χ4v) is 1.49. The first-order valence-corrected chi connectivity index (χ1v) is 6.63. The normalized spacial score (nSPS) is 12.4. The Hall–Kier alpha value is -1.10. The fourth-order valence-electron chi connectivity index (χ4n) is 1.49. The zero-order valence-corrected chi connectivity index (χ0v) is 11.7. The van der Waals surface area contributed by atoms with Crippen LogP contribution >= 0.6 is 0 Å². The Labute approximate surface area is 109 Å². The number of hydrogen-bond acceptors (Lipinski definition) is 3. The molecule has 0 aromatic carbocycles. The van der Waals surface area contributed by atoms with E-state index in [-0.39, 0.29) is 18.2 Å². The maximum Gasteiger partial charge on any atom is 0.303 e. The summed E-state index contributed by atoms with van der Waals surface area (Å²) in [5.74, 6) is -0.533. The standard InChI is InChI=1S/C13H26N2O3/c1-10(2)14-8-4-5-12(16)15-9-11(3)6-7-13(17)18/h10-11,14H,4-9H2,1-3H3,(H,15,16)(H,17,18). The van der Waals surface area contributed by atoms with Crippen LogP contribution in [-0.2, 0) is 9.59 Å². The monoisotopic (exact) mass is 258 g/mol. The molecule has 0 aliphatic carbocycles. The summed E-state index contributed by atoms with van der Waals surface area (Å²) in [5, 5.41) is 14.6. The van der Waals surface area contributed by atoms with Gasteiger partial charge in [0.1, 0.15) is 0 Å². The average molecular weight is 258 g/mol. The molecule has 0 bridgehead atoms. The Kier molecular flexibility index (Phi) is 9.28. The van der Waals surface area contributed by atoms with Crippen LogP contribution < -0.4 is 10.6 Å². The minimum atomic E-state index is -0.784. The van der Waals surface area contributed by atoms with E-state index < -0.39 is 5.97 Å². The minimum Gasteiger partial charge on any atom is -0.481 e. The Morgan fingerprint density at radius 1 is 1.17 bits per heavy atom. The summed E-state index contributed by atoms with van der Waals surface area (Å²) >= 11 is 0. The van der Waals surface area contributed by atoms with Crippen molar-refractivity contribution in [2.24, 2.45) is 5.92 Å². The molecule has 5 nitrogen and oxygen atoms in total. The van der Waals surface area contributed by atoms with Gasteiger partial charge in [-0.1, -0.05) is 20.8 Å². The van der Waals surface area contributed by atoms with Crippen LogP contribution in [-0.4, -0.2) is 36.1 Å². The van der Waals surface area contributed by atoms with E-state index in [9.17, 15) is 9.59 Å². The van der Waals surface area contributed by atoms with Gasteiger partial charge in [-0.3, -0.25) is 9.59 Å². The molecule has 0 aliphatic rings. The zero-order chi connectivity index (χ0) is 14.0. The predicted octanol–water partition coefficient (Wildman–Crippen LogP) is 1.38. The van der Waals surface area contributed by atoms with Crippen molar-refractivity contribution in [1.82, 2.24) is 10.6 Å². The van der Waals surface area contributed by atoms with Gasteiger partial charge in [0.2, 0.25) is 5.91 Å².